The van der Waals surface area contributed by atoms with Gasteiger partial charge < -0.3 is 92.5 Å². The molecule has 2 aliphatic rings. The summed E-state index contributed by atoms with van der Waals surface area (Å²) in [6.07, 6.45) is 3.12. The molecule has 2 aromatic carbocycles. The lowest BCUT2D eigenvalue weighted by molar-refractivity contribution is -0.144. The van der Waals surface area contributed by atoms with Crippen molar-refractivity contribution in [3.8, 4) is 0 Å². The van der Waals surface area contributed by atoms with Crippen molar-refractivity contribution in [1.29, 1.82) is 0 Å². The van der Waals surface area contributed by atoms with E-state index in [9.17, 15) is 62.3 Å². The Kier molecular flexibility index (Phi) is 33.9. The molecule has 31 nitrogen and oxygen atoms in total. The van der Waals surface area contributed by atoms with Gasteiger partial charge in [0.2, 0.25) is 76.8 Å². The molecule has 2 saturated heterocycles. The number of guanidine groups is 1. The van der Waals surface area contributed by atoms with Gasteiger partial charge in [0.25, 0.3) is 0 Å². The minimum atomic E-state index is -1.64. The maximum absolute atomic E-state index is 14.7. The van der Waals surface area contributed by atoms with Crippen LogP contribution in [0.5, 0.6) is 0 Å². The zero-order chi connectivity index (χ0) is 70.1. The average Bonchev–Trinajstić information content (AvgIpc) is 1.74. The van der Waals surface area contributed by atoms with Crippen LogP contribution in [0.2, 0.25) is 0 Å². The highest BCUT2D eigenvalue weighted by atomic mass is 32.2. The third-order valence-corrected chi connectivity index (χ3v) is 16.7. The number of rotatable bonds is 42. The van der Waals surface area contributed by atoms with Crippen LogP contribution in [-0.2, 0) is 75.2 Å². The van der Waals surface area contributed by atoms with E-state index in [2.05, 4.69) is 47.5 Å². The molecule has 13 amide bonds. The second kappa shape index (κ2) is 41.0. The maximum Gasteiger partial charge on any atom is 0.245 e. The van der Waals surface area contributed by atoms with Crippen LogP contribution in [0.3, 0.4) is 0 Å². The molecule has 2 aliphatic heterocycles. The van der Waals surface area contributed by atoms with Crippen molar-refractivity contribution >= 4 is 94.5 Å². The number of unbranched alkanes of at least 4 members (excludes halogenated alkanes) is 1. The first-order chi connectivity index (χ1) is 45.2. The van der Waals surface area contributed by atoms with Gasteiger partial charge in [0.15, 0.2) is 5.96 Å². The first-order valence-corrected chi connectivity index (χ1v) is 33.6. The number of nitrogens with two attached hydrogens (primary N) is 7. The zero-order valence-electron chi connectivity index (χ0n) is 54.5. The molecule has 22 N–H and O–H groups in total. The second-order valence-electron chi connectivity index (χ2n) is 24.1. The number of nitrogens with zero attached hydrogens (tertiary/aromatic N) is 3. The molecule has 2 fully saturated rings. The standard InChI is InChI=1S/C63H98N18O13S/c1-37(2)33-45(57(89)74-41(53(68)85)27-32-95-3)73-52(84)36-72-54(86)46(34-38-15-6-4-7-16-38)78-58(90)47(35-39-17-8-5-9-18-39)79-56(88)42(23-25-50(66)82)75-55(87)43(24-26-51(67)83)76-59(91)49-22-14-31-81(49)62(94)44(20-10-11-28-64)77-60(92)48-21-13-30-80(48)61(93)40(65)19-12-29-71-63(69)70/h4-9,15-18,37,40-49H,10-14,19-36,64-65H2,1-3H3,(H2,66,82)(H2,67,83)(H2,68,85)(H,72,86)(H,73,84)(H,74,89)(H,75,87)(H,76,91)(H,77,92)(H,78,90)(H,79,88)(H4,69,70,71)/t40-,41-,42-,43-,44-,45-,46-,47-,48-,49+/m0/s1. The topological polar surface area (TPSA) is 519 Å². The van der Waals surface area contributed by atoms with E-state index in [1.807, 2.05) is 20.1 Å². The van der Waals surface area contributed by atoms with Crippen LogP contribution < -0.4 is 82.7 Å². The van der Waals surface area contributed by atoms with Crippen molar-refractivity contribution in [2.45, 2.75) is 183 Å². The van der Waals surface area contributed by atoms with Crippen LogP contribution in [0, 0.1) is 5.92 Å². The van der Waals surface area contributed by atoms with Crippen LogP contribution in [0.1, 0.15) is 121 Å². The minimum absolute atomic E-state index is 0.0736. The summed E-state index contributed by atoms with van der Waals surface area (Å²) in [5.74, 6) is -9.80. The largest absolute Gasteiger partial charge is 0.370 e. The van der Waals surface area contributed by atoms with E-state index in [-0.39, 0.29) is 83.0 Å². The number of primary amides is 3. The molecule has 0 spiro atoms. The lowest BCUT2D eigenvalue weighted by Gasteiger charge is -2.32. The van der Waals surface area contributed by atoms with Crippen molar-refractivity contribution in [2.75, 3.05) is 44.7 Å². The first kappa shape index (κ1) is 78.5. The van der Waals surface area contributed by atoms with E-state index in [1.54, 1.807) is 60.7 Å². The van der Waals surface area contributed by atoms with Crippen molar-refractivity contribution in [3.63, 3.8) is 0 Å². The van der Waals surface area contributed by atoms with Crippen molar-refractivity contribution in [1.82, 2.24) is 52.3 Å². The van der Waals surface area contributed by atoms with E-state index >= 15 is 0 Å². The molecule has 2 heterocycles. The second-order valence-corrected chi connectivity index (χ2v) is 25.1. The summed E-state index contributed by atoms with van der Waals surface area (Å²) >= 11 is 1.45. The van der Waals surface area contributed by atoms with Crippen LogP contribution in [0.4, 0.5) is 0 Å². The Morgan fingerprint density at radius 2 is 1.01 bits per heavy atom. The summed E-state index contributed by atoms with van der Waals surface area (Å²) in [6.45, 7) is 3.86. The van der Waals surface area contributed by atoms with Crippen molar-refractivity contribution < 1.29 is 62.3 Å². The smallest absolute Gasteiger partial charge is 0.245 e. The normalized spacial score (nSPS) is 16.8. The summed E-state index contributed by atoms with van der Waals surface area (Å²) in [5, 5.41) is 21.1. The molecule has 32 heteroatoms. The molecule has 0 aliphatic carbocycles. The molecular weight excluding hydrogens is 1250 g/mol. The van der Waals surface area contributed by atoms with Gasteiger partial charge in [-0.05, 0) is 119 Å². The van der Waals surface area contributed by atoms with Gasteiger partial charge in [-0.15, -0.1) is 0 Å². The van der Waals surface area contributed by atoms with E-state index < -0.39 is 169 Å². The molecule has 10 atom stereocenters. The number of benzene rings is 2. The quantitative estimate of drug-likeness (QED) is 0.0173. The minimum Gasteiger partial charge on any atom is -0.370 e. The summed E-state index contributed by atoms with van der Waals surface area (Å²) in [6, 6.07) is 4.51. The van der Waals surface area contributed by atoms with Gasteiger partial charge in [-0.2, -0.15) is 11.8 Å². The fraction of sp³-hybridized carbons (Fsp3) is 0.587. The molecule has 0 unspecified atom stereocenters. The number of hydrogen-bond acceptors (Lipinski definition) is 17. The van der Waals surface area contributed by atoms with Crippen LogP contribution in [0.15, 0.2) is 65.7 Å². The number of thioether (sulfide) groups is 1. The Labute approximate surface area is 558 Å². The van der Waals surface area contributed by atoms with E-state index in [0.717, 1.165) is 0 Å². The van der Waals surface area contributed by atoms with Crippen LogP contribution in [-0.4, -0.2) is 198 Å². The van der Waals surface area contributed by atoms with Gasteiger partial charge in [0.1, 0.15) is 54.4 Å². The van der Waals surface area contributed by atoms with Crippen molar-refractivity contribution in [3.05, 3.63) is 71.8 Å². The van der Waals surface area contributed by atoms with Gasteiger partial charge in [-0.25, -0.2) is 0 Å². The third-order valence-electron chi connectivity index (χ3n) is 16.0. The number of carbonyl (C=O) groups excluding carboxylic acids is 13. The molecule has 0 bridgehead atoms. The lowest BCUT2D eigenvalue weighted by Crippen LogP contribution is -2.60. The number of hydrogen-bond donors (Lipinski definition) is 15. The van der Waals surface area contributed by atoms with Gasteiger partial charge in [-0.1, -0.05) is 74.5 Å². The van der Waals surface area contributed by atoms with Gasteiger partial charge in [0.05, 0.1) is 12.6 Å². The third kappa shape index (κ3) is 27.5. The Morgan fingerprint density at radius 3 is 1.51 bits per heavy atom. The highest BCUT2D eigenvalue weighted by molar-refractivity contribution is 7.98. The summed E-state index contributed by atoms with van der Waals surface area (Å²) < 4.78 is 0. The van der Waals surface area contributed by atoms with E-state index in [0.29, 0.717) is 55.4 Å². The predicted molar refractivity (Wildman–Crippen MR) is 356 cm³/mol. The SMILES string of the molecule is CSCC[C@H](NC(=O)[C@H](CC(C)C)NC(=O)CNC(=O)[C@H](Cc1ccccc1)NC(=O)[C@H](Cc1ccccc1)NC(=O)[C@H](CCC(N)=O)NC(=O)[C@H](CCC(N)=O)NC(=O)[C@H]1CCCN1C(=O)[C@H](CCCCN)NC(=O)[C@@H]1CCCN1C(=O)[C@@H](N)CCCN=C(N)N)C(N)=O. The molecule has 0 radical (unpaired) electrons. The highest BCUT2D eigenvalue weighted by Gasteiger charge is 2.42. The summed E-state index contributed by atoms with van der Waals surface area (Å²) in [5.41, 5.74) is 40.6. The monoisotopic (exact) mass is 1350 g/mol. The van der Waals surface area contributed by atoms with Crippen LogP contribution >= 0.6 is 11.8 Å². The zero-order valence-corrected chi connectivity index (χ0v) is 55.3. The fourth-order valence-electron chi connectivity index (χ4n) is 11.0. The van der Waals surface area contributed by atoms with Gasteiger partial charge >= 0.3 is 0 Å². The van der Waals surface area contributed by atoms with E-state index in [1.165, 1.54) is 21.6 Å². The molecule has 0 aromatic heterocycles. The number of likely N-dealkylation sites (tertiary alicyclic amines) is 2. The molecule has 0 saturated carbocycles. The number of aliphatic imine (C=N–C) groups is 1. The Hall–Kier alpha value is -8.91. The first-order valence-electron chi connectivity index (χ1n) is 32.2. The molecule has 524 valence electrons. The van der Waals surface area contributed by atoms with Gasteiger partial charge in [-0.3, -0.25) is 67.3 Å². The Morgan fingerprint density at radius 1 is 0.537 bits per heavy atom. The van der Waals surface area contributed by atoms with Crippen LogP contribution in [0.25, 0.3) is 0 Å². The Balaban J connectivity index is 1.56. The summed E-state index contributed by atoms with van der Waals surface area (Å²) in [7, 11) is 0. The van der Waals surface area contributed by atoms with Gasteiger partial charge in [0, 0.05) is 45.3 Å². The predicted octanol–water partition coefficient (Wildman–Crippen LogP) is -3.71. The van der Waals surface area contributed by atoms with Crippen molar-refractivity contribution in [2.24, 2.45) is 51.0 Å². The molecular formula is C63H98N18O13S. The maximum atomic E-state index is 14.7. The number of nitrogens with one attached hydrogen (secondary N) is 8. The average molecular weight is 1350 g/mol. The highest BCUT2D eigenvalue weighted by Crippen LogP contribution is 2.24. The number of carbonyl (C=O) groups is 13. The molecule has 2 aromatic rings. The number of amides is 13. The van der Waals surface area contributed by atoms with E-state index in [4.69, 9.17) is 40.1 Å². The fourth-order valence-corrected chi connectivity index (χ4v) is 11.5. The lowest BCUT2D eigenvalue weighted by atomic mass is 10.0. The molecule has 4 rings (SSSR count). The summed E-state index contributed by atoms with van der Waals surface area (Å²) in [4.78, 5) is 185. The Bertz CT molecular complexity index is 2960. The molecule has 95 heavy (non-hydrogen) atoms.